The summed E-state index contributed by atoms with van der Waals surface area (Å²) in [6.45, 7) is 3.27. The van der Waals surface area contributed by atoms with Crippen molar-refractivity contribution in [3.8, 4) is 0 Å². The van der Waals surface area contributed by atoms with Gasteiger partial charge >= 0.3 is 0 Å². The van der Waals surface area contributed by atoms with Gasteiger partial charge in [-0.05, 0) is 19.1 Å². The predicted molar refractivity (Wildman–Crippen MR) is 61.8 cm³/mol. The summed E-state index contributed by atoms with van der Waals surface area (Å²) in [5.74, 6) is 0. The third kappa shape index (κ3) is 3.14. The molecule has 0 heterocycles. The molecule has 4 heteroatoms. The quantitative estimate of drug-likeness (QED) is 0.838. The Kier molecular flexibility index (Phi) is 4.69. The van der Waals surface area contributed by atoms with E-state index < -0.39 is 0 Å². The van der Waals surface area contributed by atoms with E-state index >= 15 is 0 Å². The van der Waals surface area contributed by atoms with E-state index in [0.29, 0.717) is 23.1 Å². The van der Waals surface area contributed by atoms with Crippen LogP contribution in [0.5, 0.6) is 0 Å². The highest BCUT2D eigenvalue weighted by Gasteiger charge is 2.06. The molecule has 0 unspecified atom stereocenters. The molecule has 78 valence electrons. The Labute approximate surface area is 94.4 Å². The molecule has 0 fully saturated rings. The van der Waals surface area contributed by atoms with Gasteiger partial charge in [-0.3, -0.25) is 0 Å². The smallest absolute Gasteiger partial charge is 0.0465 e. The van der Waals surface area contributed by atoms with E-state index in [1.54, 1.807) is 0 Å². The third-order valence-corrected chi connectivity index (χ3v) is 2.75. The second-order valence-electron chi connectivity index (χ2n) is 3.22. The van der Waals surface area contributed by atoms with Gasteiger partial charge in [0.05, 0.1) is 0 Å². The standard InChI is InChI=1S/C10H14Cl2N2/c1-7(5-13)14-6-8-9(11)3-2-4-10(8)12/h2-4,7,14H,5-6,13H2,1H3/t7-/m0/s1. The molecule has 0 aliphatic rings. The summed E-state index contributed by atoms with van der Waals surface area (Å²) in [6.07, 6.45) is 0. The van der Waals surface area contributed by atoms with Gasteiger partial charge in [-0.15, -0.1) is 0 Å². The van der Waals surface area contributed by atoms with Gasteiger partial charge < -0.3 is 11.1 Å². The summed E-state index contributed by atoms with van der Waals surface area (Å²) in [7, 11) is 0. The SMILES string of the molecule is C[C@@H](CN)NCc1c(Cl)cccc1Cl. The van der Waals surface area contributed by atoms with Crippen molar-refractivity contribution in [3.63, 3.8) is 0 Å². The molecule has 14 heavy (non-hydrogen) atoms. The fourth-order valence-corrected chi connectivity index (χ4v) is 1.59. The monoisotopic (exact) mass is 232 g/mol. The zero-order valence-electron chi connectivity index (χ0n) is 8.06. The average Bonchev–Trinajstić information content (AvgIpc) is 2.16. The fraction of sp³-hybridized carbons (Fsp3) is 0.400. The van der Waals surface area contributed by atoms with Crippen LogP contribution in [0, 0.1) is 0 Å². The van der Waals surface area contributed by atoms with Gasteiger partial charge in [-0.25, -0.2) is 0 Å². The van der Waals surface area contributed by atoms with E-state index in [4.69, 9.17) is 28.9 Å². The predicted octanol–water partition coefficient (Wildman–Crippen LogP) is 2.43. The summed E-state index contributed by atoms with van der Waals surface area (Å²) < 4.78 is 0. The molecule has 0 saturated carbocycles. The van der Waals surface area contributed by atoms with Crippen LogP contribution in [0.15, 0.2) is 18.2 Å². The van der Waals surface area contributed by atoms with Crippen LogP contribution >= 0.6 is 23.2 Å². The summed E-state index contributed by atoms with van der Waals surface area (Å²) in [5, 5.41) is 4.61. The molecule has 0 saturated heterocycles. The molecule has 1 atom stereocenters. The summed E-state index contributed by atoms with van der Waals surface area (Å²) >= 11 is 12.0. The number of nitrogens with two attached hydrogens (primary N) is 1. The van der Waals surface area contributed by atoms with Crippen molar-refractivity contribution in [2.45, 2.75) is 19.5 Å². The van der Waals surface area contributed by atoms with Gasteiger partial charge in [0, 0.05) is 34.7 Å². The number of hydrogen-bond donors (Lipinski definition) is 2. The van der Waals surface area contributed by atoms with Crippen LogP contribution in [0.1, 0.15) is 12.5 Å². The molecule has 0 radical (unpaired) electrons. The minimum absolute atomic E-state index is 0.266. The second kappa shape index (κ2) is 5.56. The lowest BCUT2D eigenvalue weighted by atomic mass is 10.2. The van der Waals surface area contributed by atoms with Crippen LogP contribution in [0.3, 0.4) is 0 Å². The van der Waals surface area contributed by atoms with Gasteiger partial charge in [0.1, 0.15) is 0 Å². The Hall–Kier alpha value is -0.280. The molecule has 0 aliphatic heterocycles. The summed E-state index contributed by atoms with van der Waals surface area (Å²) in [4.78, 5) is 0. The Morgan fingerprint density at radius 1 is 1.36 bits per heavy atom. The number of nitrogens with one attached hydrogen (secondary N) is 1. The highest BCUT2D eigenvalue weighted by Crippen LogP contribution is 2.23. The zero-order valence-corrected chi connectivity index (χ0v) is 9.57. The van der Waals surface area contributed by atoms with E-state index in [2.05, 4.69) is 5.32 Å². The van der Waals surface area contributed by atoms with Gasteiger partial charge in [-0.1, -0.05) is 29.3 Å². The van der Waals surface area contributed by atoms with Crippen molar-refractivity contribution in [2.75, 3.05) is 6.54 Å². The van der Waals surface area contributed by atoms with E-state index in [0.717, 1.165) is 5.56 Å². The fourth-order valence-electron chi connectivity index (χ4n) is 1.06. The van der Waals surface area contributed by atoms with E-state index in [9.17, 15) is 0 Å². The molecular weight excluding hydrogens is 219 g/mol. The van der Waals surface area contributed by atoms with Crippen LogP contribution in [0.2, 0.25) is 10.0 Å². The molecule has 1 aromatic rings. The average molecular weight is 233 g/mol. The molecule has 0 bridgehead atoms. The maximum Gasteiger partial charge on any atom is 0.0465 e. The first kappa shape index (κ1) is 11.8. The largest absolute Gasteiger partial charge is 0.329 e. The Balaban J connectivity index is 2.66. The maximum atomic E-state index is 6.00. The molecule has 2 nitrogen and oxygen atoms in total. The second-order valence-corrected chi connectivity index (χ2v) is 4.03. The molecule has 0 aliphatic carbocycles. The molecule has 0 amide bonds. The maximum absolute atomic E-state index is 6.00. The van der Waals surface area contributed by atoms with Crippen molar-refractivity contribution in [1.29, 1.82) is 0 Å². The number of halogens is 2. The molecule has 0 aromatic heterocycles. The van der Waals surface area contributed by atoms with Crippen LogP contribution < -0.4 is 11.1 Å². The molecule has 0 spiro atoms. The Morgan fingerprint density at radius 2 is 1.93 bits per heavy atom. The van der Waals surface area contributed by atoms with Gasteiger partial charge in [0.25, 0.3) is 0 Å². The minimum atomic E-state index is 0.266. The first-order valence-corrected chi connectivity index (χ1v) is 5.27. The normalized spacial score (nSPS) is 12.9. The van der Waals surface area contributed by atoms with Crippen molar-refractivity contribution in [2.24, 2.45) is 5.73 Å². The van der Waals surface area contributed by atoms with E-state index in [1.165, 1.54) is 0 Å². The van der Waals surface area contributed by atoms with Gasteiger partial charge in [0.15, 0.2) is 0 Å². The van der Waals surface area contributed by atoms with Crippen LogP contribution in [-0.4, -0.2) is 12.6 Å². The first-order valence-electron chi connectivity index (χ1n) is 4.51. The Bertz CT molecular complexity index is 282. The van der Waals surface area contributed by atoms with Gasteiger partial charge in [0.2, 0.25) is 0 Å². The molecule has 1 aromatic carbocycles. The van der Waals surface area contributed by atoms with Crippen molar-refractivity contribution < 1.29 is 0 Å². The number of rotatable bonds is 4. The van der Waals surface area contributed by atoms with Crippen LogP contribution in [0.25, 0.3) is 0 Å². The molecule has 3 N–H and O–H groups in total. The lowest BCUT2D eigenvalue weighted by molar-refractivity contribution is 0.556. The minimum Gasteiger partial charge on any atom is -0.329 e. The van der Waals surface area contributed by atoms with Crippen molar-refractivity contribution >= 4 is 23.2 Å². The van der Waals surface area contributed by atoms with E-state index in [-0.39, 0.29) is 6.04 Å². The van der Waals surface area contributed by atoms with Crippen molar-refractivity contribution in [3.05, 3.63) is 33.8 Å². The molecule has 1 rings (SSSR count). The van der Waals surface area contributed by atoms with Crippen LogP contribution in [0.4, 0.5) is 0 Å². The lowest BCUT2D eigenvalue weighted by Gasteiger charge is -2.12. The topological polar surface area (TPSA) is 38.0 Å². The summed E-state index contributed by atoms with van der Waals surface area (Å²) in [6, 6.07) is 5.76. The van der Waals surface area contributed by atoms with Gasteiger partial charge in [-0.2, -0.15) is 0 Å². The number of hydrogen-bond acceptors (Lipinski definition) is 2. The zero-order chi connectivity index (χ0) is 10.6. The molecular formula is C10H14Cl2N2. The third-order valence-electron chi connectivity index (χ3n) is 2.04. The van der Waals surface area contributed by atoms with Crippen LogP contribution in [-0.2, 0) is 6.54 Å². The first-order chi connectivity index (χ1) is 6.65. The highest BCUT2D eigenvalue weighted by molar-refractivity contribution is 6.35. The highest BCUT2D eigenvalue weighted by atomic mass is 35.5. The lowest BCUT2D eigenvalue weighted by Crippen LogP contribution is -2.32. The van der Waals surface area contributed by atoms with Crippen molar-refractivity contribution in [1.82, 2.24) is 5.32 Å². The Morgan fingerprint density at radius 3 is 2.43 bits per heavy atom. The number of benzene rings is 1. The van der Waals surface area contributed by atoms with E-state index in [1.807, 2.05) is 25.1 Å². The summed E-state index contributed by atoms with van der Waals surface area (Å²) in [5.41, 5.74) is 6.41.